The predicted molar refractivity (Wildman–Crippen MR) is 196 cm³/mol. The Balaban J connectivity index is 0.00000229. The molecule has 1 rings (SSSR count). The monoisotopic (exact) mass is 718 g/mol. The first-order chi connectivity index (χ1) is 23.7. The molecule has 0 fully saturated rings. The fourth-order valence-corrected chi connectivity index (χ4v) is 3.86. The molecule has 0 heterocycles. The molecule has 12 heteroatoms. The summed E-state index contributed by atoms with van der Waals surface area (Å²) in [7, 11) is 1.65. The topological polar surface area (TPSA) is 135 Å². The summed E-state index contributed by atoms with van der Waals surface area (Å²) in [5, 5.41) is 0. The molecule has 2 N–H and O–H groups in total. The van der Waals surface area contributed by atoms with Gasteiger partial charge in [-0.05, 0) is 69.2 Å². The molecule has 9 atom stereocenters. The number of Topliss-reactive ketones (excluding diaryl/α,β-unsaturated/α-hetero) is 1. The Hall–Kier alpha value is -1.55. The highest BCUT2D eigenvalue weighted by Gasteiger charge is 2.15. The van der Waals surface area contributed by atoms with Crippen LogP contribution in [0, 0.1) is 0 Å². The van der Waals surface area contributed by atoms with E-state index in [0.717, 1.165) is 5.56 Å². The third-order valence-corrected chi connectivity index (χ3v) is 6.92. The van der Waals surface area contributed by atoms with Crippen molar-refractivity contribution in [1.29, 1.82) is 0 Å². The van der Waals surface area contributed by atoms with E-state index < -0.39 is 0 Å². The number of hydrogen-bond donors (Lipinski definition) is 1. The summed E-state index contributed by atoms with van der Waals surface area (Å²) in [5.74, 6) is 0.121. The molecule has 1 aromatic rings. The van der Waals surface area contributed by atoms with Crippen molar-refractivity contribution in [3.63, 3.8) is 0 Å². The SMILES string of the molecule is CC(=O)c1ccccc1.COCCOCC(C)OCC(C)OCC(C)OCC(C)OCC(C)OCC(C)OCC(C)OCC(C)OCC(C)N. The van der Waals surface area contributed by atoms with Crippen molar-refractivity contribution in [2.24, 2.45) is 5.73 Å². The Morgan fingerprint density at radius 2 is 0.800 bits per heavy atom. The van der Waals surface area contributed by atoms with E-state index in [9.17, 15) is 4.79 Å². The summed E-state index contributed by atoms with van der Waals surface area (Å²) in [6, 6.07) is 9.25. The summed E-state index contributed by atoms with van der Waals surface area (Å²) in [6.07, 6.45) is -0.307. The third-order valence-electron chi connectivity index (χ3n) is 6.92. The van der Waals surface area contributed by atoms with E-state index in [1.165, 1.54) is 0 Å². The van der Waals surface area contributed by atoms with Gasteiger partial charge in [0.1, 0.15) is 0 Å². The number of rotatable bonds is 30. The Bertz CT molecular complexity index is 910. The minimum absolute atomic E-state index is 0.000783. The van der Waals surface area contributed by atoms with Crippen molar-refractivity contribution < 1.29 is 52.2 Å². The van der Waals surface area contributed by atoms with Gasteiger partial charge in [0.2, 0.25) is 0 Å². The quantitative estimate of drug-likeness (QED) is 0.0836. The number of hydrogen-bond acceptors (Lipinski definition) is 12. The van der Waals surface area contributed by atoms with Gasteiger partial charge in [0.25, 0.3) is 0 Å². The zero-order chi connectivity index (χ0) is 37.7. The van der Waals surface area contributed by atoms with E-state index in [2.05, 4.69) is 0 Å². The van der Waals surface area contributed by atoms with Crippen molar-refractivity contribution in [1.82, 2.24) is 0 Å². The lowest BCUT2D eigenvalue weighted by Gasteiger charge is -2.23. The molecule has 294 valence electrons. The summed E-state index contributed by atoms with van der Waals surface area (Å²) in [6.45, 7) is 25.0. The van der Waals surface area contributed by atoms with Crippen LogP contribution < -0.4 is 5.73 Å². The molecule has 50 heavy (non-hydrogen) atoms. The van der Waals surface area contributed by atoms with Crippen LogP contribution in [-0.2, 0) is 47.4 Å². The molecule has 1 aromatic carbocycles. The van der Waals surface area contributed by atoms with E-state index >= 15 is 0 Å². The molecule has 0 radical (unpaired) electrons. The predicted octanol–water partition coefficient (Wildman–Crippen LogP) is 5.13. The lowest BCUT2D eigenvalue weighted by Crippen LogP contribution is -2.31. The number of benzene rings is 1. The molecule has 9 unspecified atom stereocenters. The van der Waals surface area contributed by atoms with E-state index in [4.69, 9.17) is 53.1 Å². The first-order valence-corrected chi connectivity index (χ1v) is 18.0. The van der Waals surface area contributed by atoms with Gasteiger partial charge in [0, 0.05) is 18.7 Å². The number of carbonyl (C=O) groups is 1. The van der Waals surface area contributed by atoms with Crippen molar-refractivity contribution in [2.45, 2.75) is 124 Å². The van der Waals surface area contributed by atoms with Crippen LogP contribution >= 0.6 is 0 Å². The molecule has 0 amide bonds. The van der Waals surface area contributed by atoms with Crippen LogP contribution in [0.4, 0.5) is 0 Å². The molecular weight excluding hydrogens is 646 g/mol. The highest BCUT2D eigenvalue weighted by molar-refractivity contribution is 5.93. The van der Waals surface area contributed by atoms with Gasteiger partial charge in [-0.15, -0.1) is 0 Å². The highest BCUT2D eigenvalue weighted by atomic mass is 16.6. The minimum atomic E-state index is -0.0608. The summed E-state index contributed by atoms with van der Waals surface area (Å²) in [4.78, 5) is 10.6. The van der Waals surface area contributed by atoms with Gasteiger partial charge in [-0.1, -0.05) is 30.3 Å². The molecular formula is C38H71NO11. The second-order valence-electron chi connectivity index (χ2n) is 13.1. The summed E-state index contributed by atoms with van der Waals surface area (Å²) in [5.41, 5.74) is 6.48. The van der Waals surface area contributed by atoms with Gasteiger partial charge in [-0.2, -0.15) is 0 Å². The maximum Gasteiger partial charge on any atom is 0.159 e. The van der Waals surface area contributed by atoms with Crippen LogP contribution in [0.2, 0.25) is 0 Å². The van der Waals surface area contributed by atoms with Crippen molar-refractivity contribution in [3.8, 4) is 0 Å². The van der Waals surface area contributed by atoms with Gasteiger partial charge >= 0.3 is 0 Å². The maximum atomic E-state index is 10.6. The normalized spacial score (nSPS) is 17.0. The van der Waals surface area contributed by atoms with Crippen LogP contribution in [0.15, 0.2) is 30.3 Å². The Kier molecular flexibility index (Phi) is 30.1. The summed E-state index contributed by atoms with van der Waals surface area (Å²) < 4.78 is 57.0. The van der Waals surface area contributed by atoms with Crippen molar-refractivity contribution in [2.75, 3.05) is 79.8 Å². The van der Waals surface area contributed by atoms with Crippen molar-refractivity contribution >= 4 is 5.78 Å². The summed E-state index contributed by atoms with van der Waals surface area (Å²) >= 11 is 0. The lowest BCUT2D eigenvalue weighted by atomic mass is 10.2. The minimum Gasteiger partial charge on any atom is -0.382 e. The lowest BCUT2D eigenvalue weighted by molar-refractivity contribution is -0.110. The second kappa shape index (κ2) is 31.0. The largest absolute Gasteiger partial charge is 0.382 e. The zero-order valence-corrected chi connectivity index (χ0v) is 32.9. The molecule has 12 nitrogen and oxygen atoms in total. The van der Waals surface area contributed by atoms with Gasteiger partial charge in [0.05, 0.1) is 122 Å². The van der Waals surface area contributed by atoms with E-state index in [-0.39, 0.29) is 60.7 Å². The van der Waals surface area contributed by atoms with E-state index in [1.807, 2.05) is 92.6 Å². The Morgan fingerprint density at radius 1 is 0.500 bits per heavy atom. The fraction of sp³-hybridized carbons (Fsp3) is 0.816. The van der Waals surface area contributed by atoms with Gasteiger partial charge in [-0.25, -0.2) is 0 Å². The molecule has 0 spiro atoms. The molecule has 0 aliphatic heterocycles. The van der Waals surface area contributed by atoms with Crippen LogP contribution in [-0.4, -0.2) is 140 Å². The second-order valence-corrected chi connectivity index (χ2v) is 13.1. The van der Waals surface area contributed by atoms with Crippen LogP contribution in [0.1, 0.15) is 79.6 Å². The molecule has 0 aliphatic rings. The smallest absolute Gasteiger partial charge is 0.159 e. The maximum absolute atomic E-state index is 10.6. The van der Waals surface area contributed by atoms with Crippen LogP contribution in [0.25, 0.3) is 0 Å². The van der Waals surface area contributed by atoms with Crippen molar-refractivity contribution in [3.05, 3.63) is 35.9 Å². The molecule has 0 bridgehead atoms. The van der Waals surface area contributed by atoms with E-state index in [0.29, 0.717) is 72.7 Å². The first kappa shape index (κ1) is 48.5. The Morgan fingerprint density at radius 3 is 1.06 bits per heavy atom. The number of nitrogens with two attached hydrogens (primary N) is 1. The van der Waals surface area contributed by atoms with Crippen LogP contribution in [0.3, 0.4) is 0 Å². The average molecular weight is 718 g/mol. The number of ether oxygens (including phenoxy) is 10. The standard InChI is InChI=1S/C30H63NO10.C8H8O/c1-22(31)13-34-24(3)15-36-26(5)17-38-28(7)19-40-30(9)21-41-29(8)20-39-27(6)18-37-25(4)16-35-23(2)14-33-12-11-32-10;1-7(9)8-5-3-2-4-6-8/h22-30H,11-21,31H2,1-10H3;2-6H,1H3. The highest BCUT2D eigenvalue weighted by Crippen LogP contribution is 2.06. The van der Waals surface area contributed by atoms with Gasteiger partial charge in [0.15, 0.2) is 5.78 Å². The number of methoxy groups -OCH3 is 1. The first-order valence-electron chi connectivity index (χ1n) is 18.0. The molecule has 0 saturated heterocycles. The fourth-order valence-electron chi connectivity index (χ4n) is 3.86. The zero-order valence-electron chi connectivity index (χ0n) is 32.9. The van der Waals surface area contributed by atoms with Crippen LogP contribution in [0.5, 0.6) is 0 Å². The number of ketones is 1. The third kappa shape index (κ3) is 30.1. The van der Waals surface area contributed by atoms with Gasteiger partial charge < -0.3 is 53.1 Å². The molecule has 0 aromatic heterocycles. The molecule has 0 saturated carbocycles. The number of carbonyl (C=O) groups excluding carboxylic acids is 1. The molecule has 0 aliphatic carbocycles. The van der Waals surface area contributed by atoms with Gasteiger partial charge in [-0.3, -0.25) is 4.79 Å². The average Bonchev–Trinajstić information content (AvgIpc) is 3.10. The van der Waals surface area contributed by atoms with E-state index in [1.54, 1.807) is 14.0 Å². The Labute approximate surface area is 303 Å².